The van der Waals surface area contributed by atoms with E-state index in [1.807, 2.05) is 39.8 Å². The van der Waals surface area contributed by atoms with E-state index in [9.17, 15) is 4.79 Å². The number of aromatic nitrogens is 1. The van der Waals surface area contributed by atoms with Gasteiger partial charge in [-0.25, -0.2) is 4.98 Å². The molecule has 0 saturated carbocycles. The first-order valence-electron chi connectivity index (χ1n) is 6.71. The topological polar surface area (TPSA) is 54.5 Å². The summed E-state index contributed by atoms with van der Waals surface area (Å²) in [5.74, 6) is 0.606. The fourth-order valence-corrected chi connectivity index (χ4v) is 1.70. The number of nitrogens with one attached hydrogen (secondary N) is 1. The normalized spacial score (nSPS) is 10.4. The van der Waals surface area contributed by atoms with Crippen LogP contribution in [-0.4, -0.2) is 41.5 Å². The fourth-order valence-electron chi connectivity index (χ4n) is 1.70. The third kappa shape index (κ3) is 4.77. The number of hydrogen-bond acceptors (Lipinski definition) is 4. The van der Waals surface area contributed by atoms with Gasteiger partial charge in [0.15, 0.2) is 0 Å². The van der Waals surface area contributed by atoms with Crippen molar-refractivity contribution in [2.45, 2.75) is 33.8 Å². The third-order valence-corrected chi connectivity index (χ3v) is 2.66. The summed E-state index contributed by atoms with van der Waals surface area (Å²) >= 11 is 0. The Hall–Kier alpha value is -1.78. The SMILES string of the molecule is CCN(CC)C(=O)CNc1cccnc1OC(C)C. The summed E-state index contributed by atoms with van der Waals surface area (Å²) in [5, 5.41) is 3.09. The lowest BCUT2D eigenvalue weighted by molar-refractivity contribution is -0.128. The largest absolute Gasteiger partial charge is 0.473 e. The lowest BCUT2D eigenvalue weighted by Gasteiger charge is -2.20. The number of carbonyl (C=O) groups excluding carboxylic acids is 1. The van der Waals surface area contributed by atoms with Crippen LogP contribution in [0.25, 0.3) is 0 Å². The lowest BCUT2D eigenvalue weighted by atomic mass is 10.3. The van der Waals surface area contributed by atoms with E-state index in [4.69, 9.17) is 4.74 Å². The quantitative estimate of drug-likeness (QED) is 0.820. The molecule has 0 spiro atoms. The van der Waals surface area contributed by atoms with E-state index in [1.54, 1.807) is 11.1 Å². The Morgan fingerprint density at radius 3 is 2.68 bits per heavy atom. The van der Waals surface area contributed by atoms with Gasteiger partial charge in [0.25, 0.3) is 0 Å². The van der Waals surface area contributed by atoms with Crippen molar-refractivity contribution < 1.29 is 9.53 Å². The van der Waals surface area contributed by atoms with Crippen LogP contribution in [0.4, 0.5) is 5.69 Å². The fraction of sp³-hybridized carbons (Fsp3) is 0.571. The van der Waals surface area contributed by atoms with E-state index in [0.29, 0.717) is 5.88 Å². The second kappa shape index (κ2) is 7.61. The standard InChI is InChI=1S/C14H23N3O2/c1-5-17(6-2)13(18)10-16-12-8-7-9-15-14(12)19-11(3)4/h7-9,11,16H,5-6,10H2,1-4H3. The van der Waals surface area contributed by atoms with Gasteiger partial charge >= 0.3 is 0 Å². The van der Waals surface area contributed by atoms with Gasteiger partial charge in [0.05, 0.1) is 18.3 Å². The van der Waals surface area contributed by atoms with Crippen molar-refractivity contribution >= 4 is 11.6 Å². The molecular weight excluding hydrogens is 242 g/mol. The molecule has 0 radical (unpaired) electrons. The van der Waals surface area contributed by atoms with E-state index >= 15 is 0 Å². The third-order valence-electron chi connectivity index (χ3n) is 2.66. The molecule has 1 rings (SSSR count). The summed E-state index contributed by atoms with van der Waals surface area (Å²) in [4.78, 5) is 17.9. The number of carbonyl (C=O) groups is 1. The van der Waals surface area contributed by atoms with Crippen LogP contribution in [0.1, 0.15) is 27.7 Å². The second-order valence-corrected chi connectivity index (χ2v) is 4.44. The molecular formula is C14H23N3O2. The van der Waals surface area contributed by atoms with Gasteiger partial charge in [0, 0.05) is 19.3 Å². The van der Waals surface area contributed by atoms with Gasteiger partial charge in [-0.1, -0.05) is 0 Å². The summed E-state index contributed by atoms with van der Waals surface area (Å²) in [5.41, 5.74) is 0.747. The van der Waals surface area contributed by atoms with Crippen LogP contribution in [0.2, 0.25) is 0 Å². The van der Waals surface area contributed by atoms with E-state index in [1.165, 1.54) is 0 Å². The van der Waals surface area contributed by atoms with E-state index in [2.05, 4.69) is 10.3 Å². The summed E-state index contributed by atoms with van der Waals surface area (Å²) in [6, 6.07) is 3.68. The molecule has 0 bridgehead atoms. The minimum atomic E-state index is 0.0499. The smallest absolute Gasteiger partial charge is 0.241 e. The van der Waals surface area contributed by atoms with Crippen molar-refractivity contribution in [2.75, 3.05) is 25.0 Å². The molecule has 1 aromatic rings. The Balaban J connectivity index is 2.64. The molecule has 0 fully saturated rings. The summed E-state index contributed by atoms with van der Waals surface area (Å²) < 4.78 is 5.59. The van der Waals surface area contributed by atoms with E-state index in [0.717, 1.165) is 18.8 Å². The van der Waals surface area contributed by atoms with Gasteiger partial charge in [-0.3, -0.25) is 4.79 Å². The molecule has 0 unspecified atom stereocenters. The zero-order valence-electron chi connectivity index (χ0n) is 12.1. The number of pyridine rings is 1. The highest BCUT2D eigenvalue weighted by molar-refractivity contribution is 5.81. The maximum Gasteiger partial charge on any atom is 0.241 e. The monoisotopic (exact) mass is 265 g/mol. The average Bonchev–Trinajstić information content (AvgIpc) is 2.38. The number of hydrogen-bond donors (Lipinski definition) is 1. The first-order valence-corrected chi connectivity index (χ1v) is 6.71. The van der Waals surface area contributed by atoms with Crippen LogP contribution in [-0.2, 0) is 4.79 Å². The van der Waals surface area contributed by atoms with Gasteiger partial charge in [-0.2, -0.15) is 0 Å². The van der Waals surface area contributed by atoms with Gasteiger partial charge in [-0.15, -0.1) is 0 Å². The minimum absolute atomic E-state index is 0.0499. The maximum absolute atomic E-state index is 11.9. The maximum atomic E-state index is 11.9. The van der Waals surface area contributed by atoms with Gasteiger partial charge < -0.3 is 15.0 Å². The zero-order chi connectivity index (χ0) is 14.3. The van der Waals surface area contributed by atoms with Crippen LogP contribution in [0.5, 0.6) is 5.88 Å². The molecule has 5 nitrogen and oxygen atoms in total. The van der Waals surface area contributed by atoms with Crippen LogP contribution in [0.3, 0.4) is 0 Å². The minimum Gasteiger partial charge on any atom is -0.473 e. The van der Waals surface area contributed by atoms with Crippen molar-refractivity contribution in [3.05, 3.63) is 18.3 Å². The number of nitrogens with zero attached hydrogens (tertiary/aromatic N) is 2. The molecule has 0 aliphatic rings. The highest BCUT2D eigenvalue weighted by atomic mass is 16.5. The number of rotatable bonds is 7. The number of anilines is 1. The van der Waals surface area contributed by atoms with E-state index in [-0.39, 0.29) is 18.6 Å². The molecule has 1 N–H and O–H groups in total. The van der Waals surface area contributed by atoms with Crippen molar-refractivity contribution in [3.63, 3.8) is 0 Å². The highest BCUT2D eigenvalue weighted by Gasteiger charge is 2.11. The van der Waals surface area contributed by atoms with Crippen LogP contribution < -0.4 is 10.1 Å². The number of amides is 1. The molecule has 0 aliphatic heterocycles. The van der Waals surface area contributed by atoms with Crippen molar-refractivity contribution in [2.24, 2.45) is 0 Å². The Kier molecular flexibility index (Phi) is 6.12. The highest BCUT2D eigenvalue weighted by Crippen LogP contribution is 2.21. The first-order chi connectivity index (χ1) is 9.08. The van der Waals surface area contributed by atoms with Crippen molar-refractivity contribution in [3.8, 4) is 5.88 Å². The van der Waals surface area contributed by atoms with Gasteiger partial charge in [0.1, 0.15) is 0 Å². The molecule has 0 atom stereocenters. The molecule has 1 aromatic heterocycles. The Morgan fingerprint density at radius 2 is 2.11 bits per heavy atom. The number of likely N-dealkylation sites (N-methyl/N-ethyl adjacent to an activating group) is 1. The van der Waals surface area contributed by atoms with E-state index < -0.39 is 0 Å². The Labute approximate surface area is 115 Å². The summed E-state index contributed by atoms with van der Waals surface area (Å²) in [6.45, 7) is 9.53. The van der Waals surface area contributed by atoms with Crippen molar-refractivity contribution in [1.82, 2.24) is 9.88 Å². The number of ether oxygens (including phenoxy) is 1. The summed E-state index contributed by atoms with van der Waals surface area (Å²) in [7, 11) is 0. The van der Waals surface area contributed by atoms with Gasteiger partial charge in [-0.05, 0) is 39.8 Å². The molecule has 0 saturated heterocycles. The molecule has 0 aliphatic carbocycles. The molecule has 5 heteroatoms. The van der Waals surface area contributed by atoms with Crippen LogP contribution in [0, 0.1) is 0 Å². The lowest BCUT2D eigenvalue weighted by Crippen LogP contribution is -2.35. The molecule has 106 valence electrons. The van der Waals surface area contributed by atoms with Crippen LogP contribution >= 0.6 is 0 Å². The molecule has 19 heavy (non-hydrogen) atoms. The van der Waals surface area contributed by atoms with Crippen LogP contribution in [0.15, 0.2) is 18.3 Å². The predicted octanol–water partition coefficient (Wildman–Crippen LogP) is 2.15. The van der Waals surface area contributed by atoms with Gasteiger partial charge in [0.2, 0.25) is 11.8 Å². The second-order valence-electron chi connectivity index (χ2n) is 4.44. The Bertz CT molecular complexity index is 403. The van der Waals surface area contributed by atoms with Crippen molar-refractivity contribution in [1.29, 1.82) is 0 Å². The zero-order valence-corrected chi connectivity index (χ0v) is 12.1. The average molecular weight is 265 g/mol. The first kappa shape index (κ1) is 15.3. The molecule has 0 aromatic carbocycles. The predicted molar refractivity (Wildman–Crippen MR) is 76.4 cm³/mol. The molecule has 1 heterocycles. The molecule has 1 amide bonds. The Morgan fingerprint density at radius 1 is 1.42 bits per heavy atom. The summed E-state index contributed by atoms with van der Waals surface area (Å²) in [6.07, 6.45) is 1.73.